The van der Waals surface area contributed by atoms with Gasteiger partial charge in [0.1, 0.15) is 0 Å². The number of hydrazine groups is 1. The largest absolute Gasteiger partial charge is 0.382 e. The zero-order valence-corrected chi connectivity index (χ0v) is 13.3. The third-order valence-corrected chi connectivity index (χ3v) is 4.62. The van der Waals surface area contributed by atoms with Gasteiger partial charge < -0.3 is 4.74 Å². The molecule has 1 aliphatic heterocycles. The third-order valence-electron chi connectivity index (χ3n) is 2.18. The quantitative estimate of drug-likeness (QED) is 0.878. The highest BCUT2D eigenvalue weighted by atomic mass is 79.9. The third kappa shape index (κ3) is 3.74. The first-order chi connectivity index (χ1) is 8.69. The molecule has 0 aromatic carbocycles. The van der Waals surface area contributed by atoms with Crippen molar-refractivity contribution in [3.05, 3.63) is 26.2 Å². The first-order valence-electron chi connectivity index (χ1n) is 5.40. The normalized spacial score (nSPS) is 19.1. The topological polar surface area (TPSA) is 45.6 Å². The lowest BCUT2D eigenvalue weighted by atomic mass is 10.4. The van der Waals surface area contributed by atoms with Gasteiger partial charge in [0.2, 0.25) is 0 Å². The molecule has 1 aromatic heterocycles. The summed E-state index contributed by atoms with van der Waals surface area (Å²) in [6.07, 6.45) is 0. The fraction of sp³-hybridized carbons (Fsp3) is 0.364. The molecule has 7 heteroatoms. The van der Waals surface area contributed by atoms with E-state index in [1.54, 1.807) is 30.2 Å². The van der Waals surface area contributed by atoms with Gasteiger partial charge in [-0.1, -0.05) is 11.8 Å². The van der Waals surface area contributed by atoms with Gasteiger partial charge in [0.05, 0.1) is 27.0 Å². The number of halogens is 1. The van der Waals surface area contributed by atoms with Gasteiger partial charge in [-0.3, -0.25) is 15.8 Å². The zero-order valence-electron chi connectivity index (χ0n) is 10.1. The first kappa shape index (κ1) is 13.9. The minimum Gasteiger partial charge on any atom is -0.382 e. The summed E-state index contributed by atoms with van der Waals surface area (Å²) in [4.78, 5) is 5.68. The number of methoxy groups -OCH3 is 1. The van der Waals surface area contributed by atoms with E-state index < -0.39 is 0 Å². The Hall–Kier alpha value is -0.500. The number of hydrogen-bond donors (Lipinski definition) is 2. The molecule has 0 saturated carbocycles. The van der Waals surface area contributed by atoms with Gasteiger partial charge in [-0.05, 0) is 35.0 Å². The SMILES string of the molecule is COC[C@@H](C)N=C1NNC(c2ccc(Br)s2)=CS1. The molecule has 0 unspecified atom stereocenters. The Morgan fingerprint density at radius 3 is 2.83 bits per heavy atom. The number of thiophene rings is 1. The number of thioether (sulfide) groups is 1. The van der Waals surface area contributed by atoms with Crippen molar-refractivity contribution < 1.29 is 4.74 Å². The highest BCUT2D eigenvalue weighted by molar-refractivity contribution is 9.11. The standard InChI is InChI=1S/C11H14BrN3OS2/c1-7(5-16-2)13-11-15-14-8(6-17-11)9-3-4-10(12)18-9/h3-4,6-7,14H,5H2,1-2H3,(H,13,15)/t7-/m1/s1. The molecular weight excluding hydrogens is 334 g/mol. The van der Waals surface area contributed by atoms with E-state index in [4.69, 9.17) is 4.74 Å². The molecule has 2 heterocycles. The molecule has 0 radical (unpaired) electrons. The summed E-state index contributed by atoms with van der Waals surface area (Å²) in [5, 5.41) is 2.92. The fourth-order valence-corrected chi connectivity index (χ4v) is 3.61. The lowest BCUT2D eigenvalue weighted by molar-refractivity contribution is 0.186. The predicted octanol–water partition coefficient (Wildman–Crippen LogP) is 3.04. The molecule has 1 atom stereocenters. The van der Waals surface area contributed by atoms with Gasteiger partial charge in [-0.25, -0.2) is 0 Å². The Labute approximate surface area is 123 Å². The molecule has 0 amide bonds. The van der Waals surface area contributed by atoms with Crippen LogP contribution in [-0.4, -0.2) is 24.9 Å². The van der Waals surface area contributed by atoms with Gasteiger partial charge >= 0.3 is 0 Å². The van der Waals surface area contributed by atoms with E-state index in [9.17, 15) is 0 Å². The maximum atomic E-state index is 5.05. The summed E-state index contributed by atoms with van der Waals surface area (Å²) in [5.41, 5.74) is 7.32. The molecule has 0 spiro atoms. The fourth-order valence-electron chi connectivity index (χ4n) is 1.41. The van der Waals surface area contributed by atoms with Crippen LogP contribution < -0.4 is 10.9 Å². The molecule has 1 aliphatic rings. The monoisotopic (exact) mass is 347 g/mol. The minimum atomic E-state index is 0.151. The number of amidine groups is 1. The van der Waals surface area contributed by atoms with Gasteiger partial charge in [-0.2, -0.15) is 0 Å². The maximum Gasteiger partial charge on any atom is 0.180 e. The second kappa shape index (κ2) is 6.60. The summed E-state index contributed by atoms with van der Waals surface area (Å²) in [5.74, 6) is 0. The molecular formula is C11H14BrN3OS2. The van der Waals surface area contributed by atoms with Crippen molar-refractivity contribution in [2.75, 3.05) is 13.7 Å². The highest BCUT2D eigenvalue weighted by Gasteiger charge is 2.12. The lowest BCUT2D eigenvalue weighted by Gasteiger charge is -2.19. The second-order valence-corrected chi connectivity index (χ2v) is 7.06. The number of nitrogens with one attached hydrogen (secondary N) is 2. The van der Waals surface area contributed by atoms with Crippen molar-refractivity contribution in [3.8, 4) is 0 Å². The van der Waals surface area contributed by atoms with Crippen molar-refractivity contribution in [2.45, 2.75) is 13.0 Å². The van der Waals surface area contributed by atoms with Crippen LogP contribution in [0.25, 0.3) is 5.70 Å². The van der Waals surface area contributed by atoms with E-state index in [0.29, 0.717) is 6.61 Å². The van der Waals surface area contributed by atoms with Crippen molar-refractivity contribution in [1.82, 2.24) is 10.9 Å². The first-order valence-corrected chi connectivity index (χ1v) is 7.89. The summed E-state index contributed by atoms with van der Waals surface area (Å²) < 4.78 is 6.18. The van der Waals surface area contributed by atoms with E-state index >= 15 is 0 Å². The van der Waals surface area contributed by atoms with Gasteiger partial charge in [0.25, 0.3) is 0 Å². The van der Waals surface area contributed by atoms with Crippen molar-refractivity contribution in [3.63, 3.8) is 0 Å². The molecule has 0 bridgehead atoms. The molecule has 0 aliphatic carbocycles. The van der Waals surface area contributed by atoms with E-state index in [2.05, 4.69) is 43.2 Å². The zero-order chi connectivity index (χ0) is 13.0. The van der Waals surface area contributed by atoms with E-state index in [0.717, 1.165) is 14.7 Å². The predicted molar refractivity (Wildman–Crippen MR) is 82.6 cm³/mol. The average molecular weight is 348 g/mol. The molecule has 0 fully saturated rings. The van der Waals surface area contributed by atoms with Crippen LogP contribution in [0.5, 0.6) is 0 Å². The maximum absolute atomic E-state index is 5.05. The Morgan fingerprint density at radius 2 is 2.28 bits per heavy atom. The van der Waals surface area contributed by atoms with Crippen LogP contribution in [0.3, 0.4) is 0 Å². The minimum absolute atomic E-state index is 0.151. The van der Waals surface area contributed by atoms with Gasteiger partial charge in [-0.15, -0.1) is 11.3 Å². The van der Waals surface area contributed by atoms with Crippen LogP contribution in [0, 0.1) is 0 Å². The van der Waals surface area contributed by atoms with Crippen molar-refractivity contribution in [1.29, 1.82) is 0 Å². The number of hydrogen-bond acceptors (Lipinski definition) is 5. The molecule has 98 valence electrons. The number of aliphatic imine (C=N–C) groups is 1. The van der Waals surface area contributed by atoms with E-state index in [1.807, 2.05) is 13.0 Å². The number of ether oxygens (including phenoxy) is 1. The summed E-state index contributed by atoms with van der Waals surface area (Å²) in [6, 6.07) is 4.26. The number of rotatable bonds is 4. The van der Waals surface area contributed by atoms with Crippen LogP contribution in [0.4, 0.5) is 0 Å². The van der Waals surface area contributed by atoms with E-state index in [-0.39, 0.29) is 6.04 Å². The van der Waals surface area contributed by atoms with Crippen LogP contribution in [-0.2, 0) is 4.74 Å². The lowest BCUT2D eigenvalue weighted by Crippen LogP contribution is -2.37. The smallest absolute Gasteiger partial charge is 0.180 e. The van der Waals surface area contributed by atoms with Gasteiger partial charge in [0.15, 0.2) is 5.17 Å². The summed E-state index contributed by atoms with van der Waals surface area (Å²) >= 11 is 6.73. The van der Waals surface area contributed by atoms with Crippen molar-refractivity contribution in [2.24, 2.45) is 4.99 Å². The molecule has 2 N–H and O–H groups in total. The molecule has 0 saturated heterocycles. The Bertz CT molecular complexity index is 473. The Kier molecular flexibility index (Phi) is 5.11. The van der Waals surface area contributed by atoms with Crippen LogP contribution in [0.1, 0.15) is 11.8 Å². The van der Waals surface area contributed by atoms with Gasteiger partial charge in [0, 0.05) is 12.5 Å². The molecule has 2 rings (SSSR count). The second-order valence-electron chi connectivity index (χ2n) is 3.74. The van der Waals surface area contributed by atoms with Crippen molar-refractivity contribution >= 4 is 49.9 Å². The number of nitrogens with zero attached hydrogens (tertiary/aromatic N) is 1. The Balaban J connectivity index is 1.99. The average Bonchev–Trinajstić information content (AvgIpc) is 2.77. The van der Waals surface area contributed by atoms with E-state index in [1.165, 1.54) is 4.88 Å². The Morgan fingerprint density at radius 1 is 1.44 bits per heavy atom. The highest BCUT2D eigenvalue weighted by Crippen LogP contribution is 2.29. The molecule has 1 aromatic rings. The van der Waals surface area contributed by atoms with Crippen LogP contribution in [0.15, 0.2) is 26.3 Å². The van der Waals surface area contributed by atoms with Crippen LogP contribution >= 0.6 is 39.0 Å². The molecule has 18 heavy (non-hydrogen) atoms. The summed E-state index contributed by atoms with van der Waals surface area (Å²) in [6.45, 7) is 2.65. The molecule has 4 nitrogen and oxygen atoms in total. The van der Waals surface area contributed by atoms with Crippen LogP contribution in [0.2, 0.25) is 0 Å². The summed E-state index contributed by atoms with van der Waals surface area (Å²) in [7, 11) is 1.68.